The lowest BCUT2D eigenvalue weighted by Crippen LogP contribution is -2.33. The van der Waals surface area contributed by atoms with Crippen LogP contribution >= 0.6 is 0 Å². The van der Waals surface area contributed by atoms with E-state index in [-0.39, 0.29) is 11.5 Å². The molecule has 3 aromatic rings. The molecule has 132 valence electrons. The Balaban J connectivity index is 1.52. The number of anilines is 1. The van der Waals surface area contributed by atoms with Crippen LogP contribution < -0.4 is 5.32 Å². The number of hydrogen-bond acceptors (Lipinski definition) is 5. The number of halogens is 1. The molecule has 1 saturated carbocycles. The van der Waals surface area contributed by atoms with Gasteiger partial charge in [0.05, 0.1) is 0 Å². The van der Waals surface area contributed by atoms with Gasteiger partial charge in [0.2, 0.25) is 5.89 Å². The minimum absolute atomic E-state index is 0.108. The summed E-state index contributed by atoms with van der Waals surface area (Å²) in [4.78, 5) is 27.7. The van der Waals surface area contributed by atoms with Crippen molar-refractivity contribution in [1.82, 2.24) is 4.98 Å². The van der Waals surface area contributed by atoms with Gasteiger partial charge in [0.15, 0.2) is 17.0 Å². The number of fused-ring (bicyclic) bond motifs is 1. The zero-order valence-corrected chi connectivity index (χ0v) is 13.9. The Morgan fingerprint density at radius 2 is 1.92 bits per heavy atom. The first-order valence-electron chi connectivity index (χ1n) is 8.13. The number of esters is 1. The van der Waals surface area contributed by atoms with E-state index in [1.165, 1.54) is 13.0 Å². The fraction of sp³-hybridized carbons (Fsp3) is 0.211. The van der Waals surface area contributed by atoms with Crippen molar-refractivity contribution < 1.29 is 23.1 Å². The summed E-state index contributed by atoms with van der Waals surface area (Å²) in [6.45, 7) is 1.28. The average Bonchev–Trinajstić information content (AvgIpc) is 3.24. The van der Waals surface area contributed by atoms with E-state index in [4.69, 9.17) is 9.15 Å². The summed E-state index contributed by atoms with van der Waals surface area (Å²) in [6, 6.07) is 11.3. The molecule has 7 heteroatoms. The van der Waals surface area contributed by atoms with E-state index in [0.717, 1.165) is 0 Å². The number of carbonyl (C=O) groups excluding carboxylic acids is 2. The third kappa shape index (κ3) is 2.92. The van der Waals surface area contributed by atoms with Crippen LogP contribution in [-0.4, -0.2) is 22.5 Å². The predicted molar refractivity (Wildman–Crippen MR) is 91.8 cm³/mol. The number of hydrogen-bond donors (Lipinski definition) is 1. The third-order valence-corrected chi connectivity index (χ3v) is 4.21. The van der Waals surface area contributed by atoms with Gasteiger partial charge in [-0.1, -0.05) is 6.07 Å². The summed E-state index contributed by atoms with van der Waals surface area (Å²) in [6.07, 6.45) is 1.04. The first-order valence-corrected chi connectivity index (χ1v) is 8.13. The van der Waals surface area contributed by atoms with Crippen LogP contribution in [-0.2, 0) is 14.3 Å². The minimum Gasteiger partial charge on any atom is -0.449 e. The maximum atomic E-state index is 13.7. The number of ether oxygens (including phenoxy) is 1. The van der Waals surface area contributed by atoms with Crippen molar-refractivity contribution >= 4 is 28.7 Å². The molecule has 6 nitrogen and oxygen atoms in total. The van der Waals surface area contributed by atoms with Crippen molar-refractivity contribution in [3.05, 3.63) is 48.3 Å². The Hall–Kier alpha value is -3.22. The molecule has 1 aliphatic rings. The van der Waals surface area contributed by atoms with Gasteiger partial charge in [0.25, 0.3) is 5.91 Å². The first-order chi connectivity index (χ1) is 12.5. The molecule has 4 rings (SSSR count). The molecule has 1 aromatic heterocycles. The molecule has 0 radical (unpaired) electrons. The van der Waals surface area contributed by atoms with Crippen LogP contribution in [0.3, 0.4) is 0 Å². The van der Waals surface area contributed by atoms with Crippen molar-refractivity contribution in [2.24, 2.45) is 0 Å². The van der Waals surface area contributed by atoms with Crippen LogP contribution in [0.2, 0.25) is 0 Å². The van der Waals surface area contributed by atoms with E-state index in [1.54, 1.807) is 36.4 Å². The molecule has 0 spiro atoms. The van der Waals surface area contributed by atoms with Gasteiger partial charge in [-0.2, -0.15) is 0 Å². The minimum atomic E-state index is -1.04. The van der Waals surface area contributed by atoms with E-state index in [9.17, 15) is 14.0 Å². The van der Waals surface area contributed by atoms with Gasteiger partial charge in [-0.3, -0.25) is 9.59 Å². The lowest BCUT2D eigenvalue weighted by Gasteiger charge is -2.15. The molecular formula is C19H15FN2O4. The molecule has 2 aromatic carbocycles. The van der Waals surface area contributed by atoms with Crippen LogP contribution in [0.5, 0.6) is 0 Å². The summed E-state index contributed by atoms with van der Waals surface area (Å²) < 4.78 is 24.3. The number of benzene rings is 2. The van der Waals surface area contributed by atoms with Crippen molar-refractivity contribution in [2.45, 2.75) is 25.4 Å². The van der Waals surface area contributed by atoms with Gasteiger partial charge in [-0.15, -0.1) is 0 Å². The molecule has 0 bridgehead atoms. The zero-order chi connectivity index (χ0) is 18.3. The SMILES string of the molecule is CC(=O)OC1(C(=O)Nc2ccc(-c3nc4cccc(F)c4o3)cc2)CC1. The Labute approximate surface area is 148 Å². The Morgan fingerprint density at radius 3 is 2.54 bits per heavy atom. The van der Waals surface area contributed by atoms with Gasteiger partial charge in [-0.25, -0.2) is 9.37 Å². The highest BCUT2D eigenvalue weighted by atomic mass is 19.1. The summed E-state index contributed by atoms with van der Waals surface area (Å²) in [5.74, 6) is -0.993. The van der Waals surface area contributed by atoms with E-state index < -0.39 is 17.4 Å². The number of para-hydroxylation sites is 1. The van der Waals surface area contributed by atoms with Crippen LogP contribution in [0, 0.1) is 5.82 Å². The number of carbonyl (C=O) groups is 2. The Bertz CT molecular complexity index is 1010. The standard InChI is InChI=1S/C19H15FN2O4/c1-11(23)26-19(9-10-19)18(24)21-13-7-5-12(6-8-13)17-22-15-4-2-3-14(20)16(15)25-17/h2-8H,9-10H2,1H3,(H,21,24). The lowest BCUT2D eigenvalue weighted by molar-refractivity contribution is -0.154. The molecule has 0 saturated heterocycles. The second-order valence-corrected chi connectivity index (χ2v) is 6.23. The second kappa shape index (κ2) is 5.94. The van der Waals surface area contributed by atoms with E-state index >= 15 is 0 Å². The van der Waals surface area contributed by atoms with Gasteiger partial charge in [0, 0.05) is 31.0 Å². The third-order valence-electron chi connectivity index (χ3n) is 4.21. The predicted octanol–water partition coefficient (Wildman–Crippen LogP) is 3.67. The van der Waals surface area contributed by atoms with E-state index in [2.05, 4.69) is 10.3 Å². The number of aromatic nitrogens is 1. The van der Waals surface area contributed by atoms with Gasteiger partial charge in [0.1, 0.15) is 5.52 Å². The van der Waals surface area contributed by atoms with Gasteiger partial charge >= 0.3 is 5.97 Å². The summed E-state index contributed by atoms with van der Waals surface area (Å²) in [5.41, 5.74) is 0.716. The summed E-state index contributed by atoms with van der Waals surface area (Å²) in [7, 11) is 0. The van der Waals surface area contributed by atoms with Gasteiger partial charge in [-0.05, 0) is 36.4 Å². The largest absolute Gasteiger partial charge is 0.449 e. The highest BCUT2D eigenvalue weighted by molar-refractivity contribution is 6.00. The molecule has 0 aliphatic heterocycles. The summed E-state index contributed by atoms with van der Waals surface area (Å²) >= 11 is 0. The molecule has 1 fully saturated rings. The van der Waals surface area contributed by atoms with Crippen LogP contribution in [0.25, 0.3) is 22.6 Å². The van der Waals surface area contributed by atoms with Crippen molar-refractivity contribution in [1.29, 1.82) is 0 Å². The normalized spacial score (nSPS) is 14.8. The van der Waals surface area contributed by atoms with Crippen LogP contribution in [0.4, 0.5) is 10.1 Å². The number of oxazole rings is 1. The molecule has 1 heterocycles. The molecule has 26 heavy (non-hydrogen) atoms. The number of nitrogens with one attached hydrogen (secondary N) is 1. The first kappa shape index (κ1) is 16.3. The number of amides is 1. The van der Waals surface area contributed by atoms with E-state index in [1.807, 2.05) is 0 Å². The quantitative estimate of drug-likeness (QED) is 0.723. The average molecular weight is 354 g/mol. The molecule has 1 aliphatic carbocycles. The zero-order valence-electron chi connectivity index (χ0n) is 13.9. The monoisotopic (exact) mass is 354 g/mol. The highest BCUT2D eigenvalue weighted by Gasteiger charge is 2.53. The fourth-order valence-corrected chi connectivity index (χ4v) is 2.74. The lowest BCUT2D eigenvalue weighted by atomic mass is 10.2. The smallest absolute Gasteiger partial charge is 0.303 e. The van der Waals surface area contributed by atoms with E-state index in [0.29, 0.717) is 35.5 Å². The highest BCUT2D eigenvalue weighted by Crippen LogP contribution is 2.40. The maximum Gasteiger partial charge on any atom is 0.303 e. The molecule has 0 unspecified atom stereocenters. The van der Waals surface area contributed by atoms with Crippen molar-refractivity contribution in [3.8, 4) is 11.5 Å². The number of nitrogens with zero attached hydrogens (tertiary/aromatic N) is 1. The topological polar surface area (TPSA) is 81.4 Å². The molecule has 0 atom stereocenters. The Morgan fingerprint density at radius 1 is 1.19 bits per heavy atom. The van der Waals surface area contributed by atoms with Crippen LogP contribution in [0.15, 0.2) is 46.9 Å². The fourth-order valence-electron chi connectivity index (χ4n) is 2.74. The van der Waals surface area contributed by atoms with Crippen molar-refractivity contribution in [2.75, 3.05) is 5.32 Å². The summed E-state index contributed by atoms with van der Waals surface area (Å²) in [5, 5.41) is 2.74. The maximum absolute atomic E-state index is 13.7. The Kier molecular flexibility index (Phi) is 3.72. The van der Waals surface area contributed by atoms with Crippen molar-refractivity contribution in [3.63, 3.8) is 0 Å². The van der Waals surface area contributed by atoms with Crippen LogP contribution in [0.1, 0.15) is 19.8 Å². The molecule has 1 N–H and O–H groups in total. The number of rotatable bonds is 4. The molecule has 1 amide bonds. The molecular weight excluding hydrogens is 339 g/mol. The van der Waals surface area contributed by atoms with Gasteiger partial charge < -0.3 is 14.5 Å². The second-order valence-electron chi connectivity index (χ2n) is 6.23.